The summed E-state index contributed by atoms with van der Waals surface area (Å²) in [5, 5.41) is 3.56. The highest BCUT2D eigenvalue weighted by molar-refractivity contribution is 5.80. The van der Waals surface area contributed by atoms with Crippen molar-refractivity contribution in [1.29, 1.82) is 0 Å². The van der Waals surface area contributed by atoms with E-state index in [9.17, 15) is 0 Å². The number of aromatic nitrogens is 1. The van der Waals surface area contributed by atoms with Gasteiger partial charge in [0.15, 0.2) is 0 Å². The SMILES string of the molecule is Cc1ccc(Nc2ccc(C(C)(C)C)cc2-c2cc(C)ccn2)cc1. The normalized spacial score (nSPS) is 11.4. The van der Waals surface area contributed by atoms with Gasteiger partial charge in [0.2, 0.25) is 0 Å². The van der Waals surface area contributed by atoms with Crippen LogP contribution in [0.1, 0.15) is 37.5 Å². The highest BCUT2D eigenvalue weighted by Crippen LogP contribution is 2.34. The average Bonchev–Trinajstić information content (AvgIpc) is 2.56. The van der Waals surface area contributed by atoms with Crippen LogP contribution in [0.4, 0.5) is 11.4 Å². The smallest absolute Gasteiger partial charge is 0.0725 e. The molecule has 0 spiro atoms. The van der Waals surface area contributed by atoms with Gasteiger partial charge in [-0.05, 0) is 66.8 Å². The Balaban J connectivity index is 2.09. The van der Waals surface area contributed by atoms with Gasteiger partial charge in [-0.15, -0.1) is 0 Å². The summed E-state index contributed by atoms with van der Waals surface area (Å²) < 4.78 is 0. The van der Waals surface area contributed by atoms with Crippen molar-refractivity contribution in [3.8, 4) is 11.3 Å². The first-order valence-electron chi connectivity index (χ1n) is 8.74. The summed E-state index contributed by atoms with van der Waals surface area (Å²) in [5.74, 6) is 0. The largest absolute Gasteiger partial charge is 0.355 e. The second kappa shape index (κ2) is 6.72. The van der Waals surface area contributed by atoms with E-state index in [1.54, 1.807) is 0 Å². The molecule has 0 radical (unpaired) electrons. The van der Waals surface area contributed by atoms with Gasteiger partial charge in [-0.25, -0.2) is 0 Å². The van der Waals surface area contributed by atoms with E-state index in [-0.39, 0.29) is 5.41 Å². The van der Waals surface area contributed by atoms with Crippen LogP contribution in [0.25, 0.3) is 11.3 Å². The van der Waals surface area contributed by atoms with E-state index in [0.717, 1.165) is 22.6 Å². The number of aryl methyl sites for hydroxylation is 2. The Morgan fingerprint density at radius 3 is 2.16 bits per heavy atom. The maximum Gasteiger partial charge on any atom is 0.0725 e. The van der Waals surface area contributed by atoms with Crippen LogP contribution in [-0.2, 0) is 5.41 Å². The van der Waals surface area contributed by atoms with Crippen LogP contribution in [0.15, 0.2) is 60.8 Å². The number of pyridine rings is 1. The minimum Gasteiger partial charge on any atom is -0.355 e. The lowest BCUT2D eigenvalue weighted by Crippen LogP contribution is -2.11. The molecule has 0 aliphatic rings. The van der Waals surface area contributed by atoms with Crippen LogP contribution < -0.4 is 5.32 Å². The Hall–Kier alpha value is -2.61. The van der Waals surface area contributed by atoms with Crippen LogP contribution in [0.2, 0.25) is 0 Å². The second-order valence-corrected chi connectivity index (χ2v) is 7.72. The van der Waals surface area contributed by atoms with Crippen molar-refractivity contribution in [3.05, 3.63) is 77.5 Å². The monoisotopic (exact) mass is 330 g/mol. The van der Waals surface area contributed by atoms with Crippen LogP contribution in [-0.4, -0.2) is 4.98 Å². The molecule has 0 amide bonds. The van der Waals surface area contributed by atoms with E-state index < -0.39 is 0 Å². The van der Waals surface area contributed by atoms with Crippen molar-refractivity contribution in [3.63, 3.8) is 0 Å². The number of nitrogens with one attached hydrogen (secondary N) is 1. The Bertz CT molecular complexity index is 871. The van der Waals surface area contributed by atoms with E-state index >= 15 is 0 Å². The lowest BCUT2D eigenvalue weighted by molar-refractivity contribution is 0.590. The predicted molar refractivity (Wildman–Crippen MR) is 108 cm³/mol. The third kappa shape index (κ3) is 4.08. The molecule has 0 saturated carbocycles. The van der Waals surface area contributed by atoms with E-state index in [1.807, 2.05) is 12.3 Å². The summed E-state index contributed by atoms with van der Waals surface area (Å²) in [6.45, 7) is 10.9. The molecule has 0 bridgehead atoms. The number of hydrogen-bond donors (Lipinski definition) is 1. The third-order valence-electron chi connectivity index (χ3n) is 4.41. The van der Waals surface area contributed by atoms with Crippen molar-refractivity contribution in [2.75, 3.05) is 5.32 Å². The number of anilines is 2. The Morgan fingerprint density at radius 2 is 1.52 bits per heavy atom. The molecule has 0 aliphatic carbocycles. The molecule has 0 unspecified atom stereocenters. The summed E-state index contributed by atoms with van der Waals surface area (Å²) in [6.07, 6.45) is 1.88. The molecular weight excluding hydrogens is 304 g/mol. The number of benzene rings is 2. The highest BCUT2D eigenvalue weighted by Gasteiger charge is 2.17. The average molecular weight is 330 g/mol. The second-order valence-electron chi connectivity index (χ2n) is 7.72. The molecule has 0 atom stereocenters. The van der Waals surface area contributed by atoms with Gasteiger partial charge in [-0.1, -0.05) is 44.5 Å². The lowest BCUT2D eigenvalue weighted by Gasteiger charge is -2.22. The Kier molecular flexibility index (Phi) is 4.63. The Labute approximate surface area is 151 Å². The van der Waals surface area contributed by atoms with Crippen molar-refractivity contribution < 1.29 is 0 Å². The van der Waals surface area contributed by atoms with Gasteiger partial charge in [-0.3, -0.25) is 4.98 Å². The third-order valence-corrected chi connectivity index (χ3v) is 4.41. The van der Waals surface area contributed by atoms with E-state index in [4.69, 9.17) is 0 Å². The fourth-order valence-corrected chi connectivity index (χ4v) is 2.81. The quantitative estimate of drug-likeness (QED) is 0.600. The first-order chi connectivity index (χ1) is 11.8. The van der Waals surface area contributed by atoms with Crippen molar-refractivity contribution in [2.24, 2.45) is 0 Å². The van der Waals surface area contributed by atoms with Crippen LogP contribution in [0.3, 0.4) is 0 Å². The zero-order chi connectivity index (χ0) is 18.0. The molecule has 1 aromatic heterocycles. The highest BCUT2D eigenvalue weighted by atomic mass is 14.9. The molecule has 128 valence electrons. The van der Waals surface area contributed by atoms with Crippen molar-refractivity contribution in [1.82, 2.24) is 4.98 Å². The van der Waals surface area contributed by atoms with E-state index in [1.165, 1.54) is 16.7 Å². The van der Waals surface area contributed by atoms with Crippen LogP contribution in [0, 0.1) is 13.8 Å². The van der Waals surface area contributed by atoms with Crippen LogP contribution in [0.5, 0.6) is 0 Å². The standard InChI is InChI=1S/C23H26N2/c1-16-6-9-19(10-7-16)25-21-11-8-18(23(3,4)5)15-20(21)22-14-17(2)12-13-24-22/h6-15,25H,1-5H3. The topological polar surface area (TPSA) is 24.9 Å². The summed E-state index contributed by atoms with van der Waals surface area (Å²) in [6, 6.07) is 19.3. The maximum atomic E-state index is 4.61. The minimum absolute atomic E-state index is 0.0982. The molecule has 0 saturated heterocycles. The summed E-state index contributed by atoms with van der Waals surface area (Å²) in [7, 11) is 0. The summed E-state index contributed by atoms with van der Waals surface area (Å²) >= 11 is 0. The Morgan fingerprint density at radius 1 is 0.800 bits per heavy atom. The molecule has 2 nitrogen and oxygen atoms in total. The first-order valence-corrected chi connectivity index (χ1v) is 8.74. The zero-order valence-electron chi connectivity index (χ0n) is 15.7. The lowest BCUT2D eigenvalue weighted by atomic mass is 9.85. The van der Waals surface area contributed by atoms with Gasteiger partial charge in [-0.2, -0.15) is 0 Å². The summed E-state index contributed by atoms with van der Waals surface area (Å²) in [5.41, 5.74) is 8.18. The van der Waals surface area contributed by atoms with E-state index in [0.29, 0.717) is 0 Å². The fourth-order valence-electron chi connectivity index (χ4n) is 2.81. The van der Waals surface area contributed by atoms with Crippen LogP contribution >= 0.6 is 0 Å². The zero-order valence-corrected chi connectivity index (χ0v) is 15.7. The van der Waals surface area contributed by atoms with Gasteiger partial charge < -0.3 is 5.32 Å². The molecule has 2 heteroatoms. The molecule has 25 heavy (non-hydrogen) atoms. The predicted octanol–water partition coefficient (Wildman–Crippen LogP) is 6.41. The molecule has 3 aromatic rings. The van der Waals surface area contributed by atoms with Gasteiger partial charge in [0, 0.05) is 23.1 Å². The fraction of sp³-hybridized carbons (Fsp3) is 0.261. The van der Waals surface area contributed by atoms with E-state index in [2.05, 4.69) is 93.5 Å². The molecular formula is C23H26N2. The van der Waals surface area contributed by atoms with Gasteiger partial charge in [0.05, 0.1) is 5.69 Å². The van der Waals surface area contributed by atoms with Gasteiger partial charge in [0.25, 0.3) is 0 Å². The first kappa shape index (κ1) is 17.2. The van der Waals surface area contributed by atoms with Crippen molar-refractivity contribution in [2.45, 2.75) is 40.0 Å². The maximum absolute atomic E-state index is 4.61. The molecule has 2 aromatic carbocycles. The number of rotatable bonds is 3. The minimum atomic E-state index is 0.0982. The number of hydrogen-bond acceptors (Lipinski definition) is 2. The molecule has 1 N–H and O–H groups in total. The molecule has 0 aliphatic heterocycles. The van der Waals surface area contributed by atoms with Crippen molar-refractivity contribution >= 4 is 11.4 Å². The van der Waals surface area contributed by atoms with Gasteiger partial charge >= 0.3 is 0 Å². The number of nitrogens with zero attached hydrogens (tertiary/aromatic N) is 1. The molecule has 3 rings (SSSR count). The molecule has 0 fully saturated rings. The van der Waals surface area contributed by atoms with Gasteiger partial charge in [0.1, 0.15) is 0 Å². The molecule has 1 heterocycles. The summed E-state index contributed by atoms with van der Waals surface area (Å²) in [4.78, 5) is 4.61.